The highest BCUT2D eigenvalue weighted by molar-refractivity contribution is 5.93. The predicted molar refractivity (Wildman–Crippen MR) is 79.9 cm³/mol. The summed E-state index contributed by atoms with van der Waals surface area (Å²) in [6.07, 6.45) is 7.49. The van der Waals surface area contributed by atoms with Gasteiger partial charge in [0.15, 0.2) is 0 Å². The van der Waals surface area contributed by atoms with Gasteiger partial charge in [0.05, 0.1) is 0 Å². The molecule has 4 heteroatoms. The third-order valence-corrected chi connectivity index (χ3v) is 4.32. The van der Waals surface area contributed by atoms with Gasteiger partial charge < -0.3 is 14.8 Å². The van der Waals surface area contributed by atoms with Crippen LogP contribution in [0.15, 0.2) is 30.0 Å². The molecule has 0 aromatic carbocycles. The molecule has 3 rings (SSSR count). The minimum Gasteiger partial charge on any atom is -0.340 e. The Kier molecular flexibility index (Phi) is 3.92. The molecule has 1 amide bonds. The lowest BCUT2D eigenvalue weighted by atomic mass is 10.1. The normalized spacial score (nSPS) is 20.9. The van der Waals surface area contributed by atoms with E-state index in [1.807, 2.05) is 17.0 Å². The lowest BCUT2D eigenvalue weighted by Gasteiger charge is -2.29. The summed E-state index contributed by atoms with van der Waals surface area (Å²) in [4.78, 5) is 14.7. The number of amides is 1. The van der Waals surface area contributed by atoms with Gasteiger partial charge in [-0.15, -0.1) is 0 Å². The maximum Gasteiger partial charge on any atom is 0.270 e. The molecule has 20 heavy (non-hydrogen) atoms. The first-order valence-electron chi connectivity index (χ1n) is 7.58. The molecule has 4 nitrogen and oxygen atoms in total. The molecule has 2 aliphatic heterocycles. The van der Waals surface area contributed by atoms with Crippen LogP contribution in [-0.2, 0) is 0 Å². The fourth-order valence-electron chi connectivity index (χ4n) is 3.23. The SMILES string of the molecule is CC1=CCCN(C(=O)c2cccn2C2CCNCC2)C1. The predicted octanol–water partition coefficient (Wildman–Crippen LogP) is 2.20. The Labute approximate surface area is 120 Å². The highest BCUT2D eigenvalue weighted by Crippen LogP contribution is 2.23. The second-order valence-electron chi connectivity index (χ2n) is 5.85. The summed E-state index contributed by atoms with van der Waals surface area (Å²) in [7, 11) is 0. The first kappa shape index (κ1) is 13.4. The molecule has 0 unspecified atom stereocenters. The molecule has 0 bridgehead atoms. The van der Waals surface area contributed by atoms with Crippen molar-refractivity contribution in [3.8, 4) is 0 Å². The number of carbonyl (C=O) groups excluding carboxylic acids is 1. The second-order valence-corrected chi connectivity index (χ2v) is 5.85. The van der Waals surface area contributed by atoms with Gasteiger partial charge in [0.1, 0.15) is 5.69 Å². The van der Waals surface area contributed by atoms with Crippen LogP contribution in [0.1, 0.15) is 42.7 Å². The number of hydrogen-bond donors (Lipinski definition) is 1. The van der Waals surface area contributed by atoms with E-state index in [0.29, 0.717) is 6.04 Å². The molecule has 0 aliphatic carbocycles. The van der Waals surface area contributed by atoms with Gasteiger partial charge in [-0.05, 0) is 51.4 Å². The Balaban J connectivity index is 1.78. The number of hydrogen-bond acceptors (Lipinski definition) is 2. The van der Waals surface area contributed by atoms with Gasteiger partial charge in [-0.1, -0.05) is 11.6 Å². The zero-order chi connectivity index (χ0) is 13.9. The number of piperidine rings is 1. The molecule has 1 aromatic heterocycles. The lowest BCUT2D eigenvalue weighted by molar-refractivity contribution is 0.0751. The Hall–Kier alpha value is -1.55. The molecule has 1 fully saturated rings. The summed E-state index contributed by atoms with van der Waals surface area (Å²) in [5, 5.41) is 3.38. The Bertz CT molecular complexity index is 512. The van der Waals surface area contributed by atoms with Crippen LogP contribution >= 0.6 is 0 Å². The summed E-state index contributed by atoms with van der Waals surface area (Å²) in [6.45, 7) is 5.80. The molecule has 0 saturated carbocycles. The average Bonchev–Trinajstić information content (AvgIpc) is 2.97. The van der Waals surface area contributed by atoms with E-state index in [2.05, 4.69) is 29.1 Å². The van der Waals surface area contributed by atoms with Gasteiger partial charge >= 0.3 is 0 Å². The maximum atomic E-state index is 12.7. The van der Waals surface area contributed by atoms with E-state index in [1.54, 1.807) is 0 Å². The molecule has 1 aromatic rings. The van der Waals surface area contributed by atoms with Gasteiger partial charge in [0, 0.05) is 25.3 Å². The van der Waals surface area contributed by atoms with Crippen molar-refractivity contribution in [2.75, 3.05) is 26.2 Å². The average molecular weight is 273 g/mol. The molecular formula is C16H23N3O. The van der Waals surface area contributed by atoms with Crippen LogP contribution in [0.25, 0.3) is 0 Å². The molecule has 0 radical (unpaired) electrons. The van der Waals surface area contributed by atoms with Gasteiger partial charge in [-0.25, -0.2) is 0 Å². The molecule has 1 N–H and O–H groups in total. The highest BCUT2D eigenvalue weighted by Gasteiger charge is 2.24. The number of carbonyl (C=O) groups is 1. The Morgan fingerprint density at radius 2 is 2.15 bits per heavy atom. The van der Waals surface area contributed by atoms with Crippen molar-refractivity contribution in [2.45, 2.75) is 32.2 Å². The van der Waals surface area contributed by atoms with Crippen molar-refractivity contribution >= 4 is 5.91 Å². The fraction of sp³-hybridized carbons (Fsp3) is 0.562. The molecule has 0 atom stereocenters. The zero-order valence-electron chi connectivity index (χ0n) is 12.1. The van der Waals surface area contributed by atoms with E-state index in [1.165, 1.54) is 5.57 Å². The van der Waals surface area contributed by atoms with Crippen molar-refractivity contribution in [1.82, 2.24) is 14.8 Å². The highest BCUT2D eigenvalue weighted by atomic mass is 16.2. The Morgan fingerprint density at radius 1 is 1.35 bits per heavy atom. The largest absolute Gasteiger partial charge is 0.340 e. The summed E-state index contributed by atoms with van der Waals surface area (Å²) >= 11 is 0. The monoisotopic (exact) mass is 273 g/mol. The molecule has 0 spiro atoms. The van der Waals surface area contributed by atoms with Crippen molar-refractivity contribution in [3.05, 3.63) is 35.7 Å². The summed E-state index contributed by atoms with van der Waals surface area (Å²) in [6, 6.07) is 4.44. The van der Waals surface area contributed by atoms with Crippen LogP contribution in [0.4, 0.5) is 0 Å². The van der Waals surface area contributed by atoms with Gasteiger partial charge in [-0.3, -0.25) is 4.79 Å². The summed E-state index contributed by atoms with van der Waals surface area (Å²) < 4.78 is 2.19. The van der Waals surface area contributed by atoms with Crippen molar-refractivity contribution in [1.29, 1.82) is 0 Å². The quantitative estimate of drug-likeness (QED) is 0.839. The van der Waals surface area contributed by atoms with Crippen LogP contribution < -0.4 is 5.32 Å². The second kappa shape index (κ2) is 5.83. The summed E-state index contributed by atoms with van der Waals surface area (Å²) in [5.74, 6) is 0.181. The molecule has 2 aliphatic rings. The van der Waals surface area contributed by atoms with E-state index in [-0.39, 0.29) is 5.91 Å². The topological polar surface area (TPSA) is 37.3 Å². The third kappa shape index (κ3) is 2.66. The number of nitrogens with zero attached hydrogens (tertiary/aromatic N) is 2. The van der Waals surface area contributed by atoms with Crippen LogP contribution in [0.2, 0.25) is 0 Å². The third-order valence-electron chi connectivity index (χ3n) is 4.32. The van der Waals surface area contributed by atoms with Gasteiger partial charge in [0.25, 0.3) is 5.91 Å². The zero-order valence-corrected chi connectivity index (χ0v) is 12.1. The summed E-state index contributed by atoms with van der Waals surface area (Å²) in [5.41, 5.74) is 2.15. The minimum absolute atomic E-state index is 0.181. The first-order chi connectivity index (χ1) is 9.75. The van der Waals surface area contributed by atoms with Crippen molar-refractivity contribution < 1.29 is 4.79 Å². The van der Waals surface area contributed by atoms with E-state index < -0.39 is 0 Å². The van der Waals surface area contributed by atoms with E-state index in [9.17, 15) is 4.79 Å². The van der Waals surface area contributed by atoms with Crippen molar-refractivity contribution in [3.63, 3.8) is 0 Å². The van der Waals surface area contributed by atoms with Crippen LogP contribution in [-0.4, -0.2) is 41.6 Å². The van der Waals surface area contributed by atoms with Crippen LogP contribution in [0, 0.1) is 0 Å². The smallest absolute Gasteiger partial charge is 0.270 e. The first-order valence-corrected chi connectivity index (χ1v) is 7.58. The number of aromatic nitrogens is 1. The molecule has 108 valence electrons. The molecular weight excluding hydrogens is 250 g/mol. The Morgan fingerprint density at radius 3 is 2.90 bits per heavy atom. The van der Waals surface area contributed by atoms with E-state index >= 15 is 0 Å². The molecule has 3 heterocycles. The van der Waals surface area contributed by atoms with Crippen molar-refractivity contribution in [2.24, 2.45) is 0 Å². The van der Waals surface area contributed by atoms with Crippen LogP contribution in [0.5, 0.6) is 0 Å². The van der Waals surface area contributed by atoms with E-state index in [0.717, 1.165) is 51.1 Å². The molecule has 1 saturated heterocycles. The fourth-order valence-corrected chi connectivity index (χ4v) is 3.23. The van der Waals surface area contributed by atoms with Crippen LogP contribution in [0.3, 0.4) is 0 Å². The standard InChI is InChI=1S/C16H23N3O/c1-13-4-2-10-18(12-13)16(20)15-5-3-11-19(15)14-6-8-17-9-7-14/h3-5,11,14,17H,2,6-10,12H2,1H3. The minimum atomic E-state index is 0.181. The lowest BCUT2D eigenvalue weighted by Crippen LogP contribution is -2.37. The number of rotatable bonds is 2. The van der Waals surface area contributed by atoms with Gasteiger partial charge in [-0.2, -0.15) is 0 Å². The maximum absolute atomic E-state index is 12.7. The van der Waals surface area contributed by atoms with Gasteiger partial charge in [0.2, 0.25) is 0 Å². The van der Waals surface area contributed by atoms with E-state index in [4.69, 9.17) is 0 Å². The number of nitrogens with one attached hydrogen (secondary N) is 1.